The molecule has 5 heteroatoms. The first-order valence-electron chi connectivity index (χ1n) is 5.92. The number of hydrogen-bond acceptors (Lipinski definition) is 2. The third kappa shape index (κ3) is 3.38. The summed E-state index contributed by atoms with van der Waals surface area (Å²) in [6.45, 7) is 1.85. The highest BCUT2D eigenvalue weighted by Gasteiger charge is 2.13. The summed E-state index contributed by atoms with van der Waals surface area (Å²) in [5.41, 5.74) is 1.74. The molecule has 2 aromatic rings. The Bertz CT molecular complexity index is 680. The smallest absolute Gasteiger partial charge is 0.128 e. The monoisotopic (exact) mass is 396 g/mol. The second kappa shape index (κ2) is 6.38. The lowest BCUT2D eigenvalue weighted by atomic mass is 10.1. The molecule has 20 heavy (non-hydrogen) atoms. The maximum atomic E-state index is 13.8. The van der Waals surface area contributed by atoms with Crippen LogP contribution in [-0.4, -0.2) is 0 Å². The van der Waals surface area contributed by atoms with E-state index in [0.29, 0.717) is 16.8 Å². The molecule has 2 rings (SSSR count). The molecule has 0 radical (unpaired) electrons. The van der Waals surface area contributed by atoms with E-state index < -0.39 is 0 Å². The van der Waals surface area contributed by atoms with Gasteiger partial charge in [0.05, 0.1) is 17.3 Å². The van der Waals surface area contributed by atoms with Crippen molar-refractivity contribution in [2.75, 3.05) is 5.32 Å². The third-order valence-electron chi connectivity index (χ3n) is 2.90. The van der Waals surface area contributed by atoms with Gasteiger partial charge in [-0.1, -0.05) is 31.9 Å². The van der Waals surface area contributed by atoms with Gasteiger partial charge < -0.3 is 5.32 Å². The summed E-state index contributed by atoms with van der Waals surface area (Å²) in [7, 11) is 0. The Morgan fingerprint density at radius 2 is 1.80 bits per heavy atom. The maximum absolute atomic E-state index is 13.8. The van der Waals surface area contributed by atoms with Gasteiger partial charge in [-0.3, -0.25) is 0 Å². The molecule has 0 bridgehead atoms. The first kappa shape index (κ1) is 15.0. The number of nitrogens with zero attached hydrogens (tertiary/aromatic N) is 1. The molecule has 0 aromatic heterocycles. The van der Waals surface area contributed by atoms with E-state index in [9.17, 15) is 4.39 Å². The molecular weight excluding hydrogens is 387 g/mol. The molecule has 1 atom stereocenters. The Balaban J connectivity index is 2.32. The Hall–Kier alpha value is -1.38. The van der Waals surface area contributed by atoms with Crippen LogP contribution in [0, 0.1) is 17.1 Å². The fourth-order valence-electron chi connectivity index (χ4n) is 1.89. The molecule has 1 N–H and O–H groups in total. The van der Waals surface area contributed by atoms with Gasteiger partial charge >= 0.3 is 0 Å². The Kier molecular flexibility index (Phi) is 4.79. The van der Waals surface area contributed by atoms with Crippen LogP contribution in [-0.2, 0) is 0 Å². The summed E-state index contributed by atoms with van der Waals surface area (Å²) in [6.07, 6.45) is 0. The minimum Gasteiger partial charge on any atom is -0.377 e. The second-order valence-corrected chi connectivity index (χ2v) is 6.16. The number of halogens is 3. The molecule has 0 heterocycles. The third-order valence-corrected chi connectivity index (χ3v) is 3.89. The van der Waals surface area contributed by atoms with Crippen molar-refractivity contribution in [3.63, 3.8) is 0 Å². The molecule has 0 spiro atoms. The molecule has 0 saturated heterocycles. The van der Waals surface area contributed by atoms with E-state index in [4.69, 9.17) is 5.26 Å². The van der Waals surface area contributed by atoms with Crippen LogP contribution in [0.25, 0.3) is 0 Å². The number of benzene rings is 2. The van der Waals surface area contributed by atoms with Crippen LogP contribution in [0.4, 0.5) is 10.1 Å². The Labute approximate surface area is 133 Å². The van der Waals surface area contributed by atoms with Crippen molar-refractivity contribution in [2.24, 2.45) is 0 Å². The first-order chi connectivity index (χ1) is 9.51. The summed E-state index contributed by atoms with van der Waals surface area (Å²) in [5, 5.41) is 12.3. The van der Waals surface area contributed by atoms with Gasteiger partial charge in [0.25, 0.3) is 0 Å². The zero-order valence-electron chi connectivity index (χ0n) is 10.6. The molecule has 0 fully saturated rings. The fourth-order valence-corrected chi connectivity index (χ4v) is 2.63. The molecular formula is C15H11Br2FN2. The molecule has 102 valence electrons. The van der Waals surface area contributed by atoms with Crippen LogP contribution < -0.4 is 5.32 Å². The van der Waals surface area contributed by atoms with Crippen LogP contribution in [0.1, 0.15) is 24.1 Å². The summed E-state index contributed by atoms with van der Waals surface area (Å²) < 4.78 is 15.5. The lowest BCUT2D eigenvalue weighted by Crippen LogP contribution is -2.09. The van der Waals surface area contributed by atoms with Gasteiger partial charge in [0.15, 0.2) is 0 Å². The predicted molar refractivity (Wildman–Crippen MR) is 85.0 cm³/mol. The minimum atomic E-state index is -0.276. The van der Waals surface area contributed by atoms with Crippen molar-refractivity contribution in [3.8, 4) is 6.07 Å². The molecule has 2 aromatic carbocycles. The van der Waals surface area contributed by atoms with E-state index in [0.717, 1.165) is 8.95 Å². The van der Waals surface area contributed by atoms with E-state index in [1.54, 1.807) is 24.3 Å². The van der Waals surface area contributed by atoms with Crippen molar-refractivity contribution in [3.05, 3.63) is 62.3 Å². The minimum absolute atomic E-state index is 0.256. The highest BCUT2D eigenvalue weighted by atomic mass is 79.9. The lowest BCUT2D eigenvalue weighted by Gasteiger charge is -2.18. The lowest BCUT2D eigenvalue weighted by molar-refractivity contribution is 0.600. The van der Waals surface area contributed by atoms with Gasteiger partial charge in [0, 0.05) is 14.5 Å². The van der Waals surface area contributed by atoms with Gasteiger partial charge in [0.1, 0.15) is 11.9 Å². The molecule has 0 saturated carbocycles. The Morgan fingerprint density at radius 3 is 2.50 bits per heavy atom. The number of hydrogen-bond donors (Lipinski definition) is 1. The van der Waals surface area contributed by atoms with Gasteiger partial charge in [0.2, 0.25) is 0 Å². The van der Waals surface area contributed by atoms with Crippen molar-refractivity contribution >= 4 is 37.5 Å². The van der Waals surface area contributed by atoms with Crippen LogP contribution >= 0.6 is 31.9 Å². The summed E-state index contributed by atoms with van der Waals surface area (Å²) >= 11 is 6.70. The van der Waals surface area contributed by atoms with Crippen molar-refractivity contribution in [1.29, 1.82) is 5.26 Å². The number of nitriles is 1. The van der Waals surface area contributed by atoms with Crippen molar-refractivity contribution in [1.82, 2.24) is 0 Å². The second-order valence-electron chi connectivity index (χ2n) is 4.33. The zero-order chi connectivity index (χ0) is 14.7. The van der Waals surface area contributed by atoms with E-state index >= 15 is 0 Å². The summed E-state index contributed by atoms with van der Waals surface area (Å²) in [5.74, 6) is -0.276. The Morgan fingerprint density at radius 1 is 1.15 bits per heavy atom. The molecule has 0 aliphatic heterocycles. The van der Waals surface area contributed by atoms with E-state index in [1.807, 2.05) is 13.0 Å². The zero-order valence-corrected chi connectivity index (χ0v) is 13.8. The van der Waals surface area contributed by atoms with Crippen molar-refractivity contribution in [2.45, 2.75) is 13.0 Å². The highest BCUT2D eigenvalue weighted by Crippen LogP contribution is 2.28. The maximum Gasteiger partial charge on any atom is 0.128 e. The van der Waals surface area contributed by atoms with Crippen LogP contribution in [0.2, 0.25) is 0 Å². The topological polar surface area (TPSA) is 35.8 Å². The average Bonchev–Trinajstić information content (AvgIpc) is 2.41. The molecule has 0 aliphatic rings. The normalized spacial score (nSPS) is 11.8. The van der Waals surface area contributed by atoms with Gasteiger partial charge in [-0.15, -0.1) is 0 Å². The molecule has 2 nitrogen and oxygen atoms in total. The largest absolute Gasteiger partial charge is 0.377 e. The van der Waals surface area contributed by atoms with E-state index in [-0.39, 0.29) is 11.9 Å². The quantitative estimate of drug-likeness (QED) is 0.752. The number of nitrogens with one attached hydrogen (secondary N) is 1. The van der Waals surface area contributed by atoms with Crippen LogP contribution in [0.15, 0.2) is 45.3 Å². The predicted octanol–water partition coefficient (Wildman–Crippen LogP) is 5.40. The molecule has 1 unspecified atom stereocenters. The van der Waals surface area contributed by atoms with Gasteiger partial charge in [-0.2, -0.15) is 5.26 Å². The highest BCUT2D eigenvalue weighted by molar-refractivity contribution is 9.10. The van der Waals surface area contributed by atoms with E-state index in [1.165, 1.54) is 6.07 Å². The van der Waals surface area contributed by atoms with Gasteiger partial charge in [-0.05, 0) is 43.3 Å². The SMILES string of the molecule is CC(Nc1cc(Br)ccc1C#N)c1cc(Br)ccc1F. The molecule has 0 aliphatic carbocycles. The van der Waals surface area contributed by atoms with E-state index in [2.05, 4.69) is 43.2 Å². The fraction of sp³-hybridized carbons (Fsp3) is 0.133. The van der Waals surface area contributed by atoms with Crippen molar-refractivity contribution < 1.29 is 4.39 Å². The molecule has 0 amide bonds. The van der Waals surface area contributed by atoms with Gasteiger partial charge in [-0.25, -0.2) is 4.39 Å². The van der Waals surface area contributed by atoms with Crippen LogP contribution in [0.3, 0.4) is 0 Å². The average molecular weight is 398 g/mol. The number of rotatable bonds is 3. The standard InChI is InChI=1S/C15H11Br2FN2/c1-9(13-6-11(16)4-5-14(13)18)20-15-7-12(17)3-2-10(15)8-19/h2-7,9,20H,1H3. The number of anilines is 1. The first-order valence-corrected chi connectivity index (χ1v) is 7.51. The summed E-state index contributed by atoms with van der Waals surface area (Å²) in [6, 6.07) is 12.0. The van der Waals surface area contributed by atoms with Crippen LogP contribution in [0.5, 0.6) is 0 Å². The summed E-state index contributed by atoms with van der Waals surface area (Å²) in [4.78, 5) is 0.